The fourth-order valence-electron chi connectivity index (χ4n) is 2.90. The van der Waals surface area contributed by atoms with Crippen LogP contribution in [0, 0.1) is 0 Å². The van der Waals surface area contributed by atoms with E-state index in [4.69, 9.17) is 23.7 Å². The summed E-state index contributed by atoms with van der Waals surface area (Å²) in [7, 11) is 0. The summed E-state index contributed by atoms with van der Waals surface area (Å²) >= 11 is 0. The molecule has 1 rings (SSSR count). The predicted octanol–water partition coefficient (Wildman–Crippen LogP) is 0.169. The SMILES string of the molecule is CCCCNC(=O)N[C@@H]1O[C@H](COC(C)=O)[C@@H](OC(C)=O)[C@H](OC(C)=O)[C@H]1OC(C)=O. The summed E-state index contributed by atoms with van der Waals surface area (Å²) in [5.41, 5.74) is 0. The summed E-state index contributed by atoms with van der Waals surface area (Å²) in [5, 5.41) is 5.13. The molecule has 0 unspecified atom stereocenters. The summed E-state index contributed by atoms with van der Waals surface area (Å²) in [5.74, 6) is -2.86. The first kappa shape index (κ1) is 26.1. The lowest BCUT2D eigenvalue weighted by Gasteiger charge is -2.44. The van der Waals surface area contributed by atoms with Crippen LogP contribution < -0.4 is 10.6 Å². The van der Waals surface area contributed by atoms with Crippen LogP contribution in [-0.2, 0) is 42.9 Å². The van der Waals surface area contributed by atoms with Crippen LogP contribution in [0.3, 0.4) is 0 Å². The lowest BCUT2D eigenvalue weighted by atomic mass is 9.97. The number of amides is 2. The Bertz CT molecular complexity index is 668. The third kappa shape index (κ3) is 9.20. The van der Waals surface area contributed by atoms with Gasteiger partial charge in [0.1, 0.15) is 12.7 Å². The molecule has 176 valence electrons. The number of ether oxygens (including phenoxy) is 5. The van der Waals surface area contributed by atoms with Crippen molar-refractivity contribution in [2.45, 2.75) is 78.1 Å². The summed E-state index contributed by atoms with van der Waals surface area (Å²) in [6.45, 7) is 6.52. The van der Waals surface area contributed by atoms with Crippen LogP contribution in [0.5, 0.6) is 0 Å². The molecule has 1 aliphatic rings. The fourth-order valence-corrected chi connectivity index (χ4v) is 2.90. The maximum atomic E-state index is 12.3. The van der Waals surface area contributed by atoms with Crippen molar-refractivity contribution >= 4 is 29.9 Å². The molecular formula is C19H30N2O10. The van der Waals surface area contributed by atoms with Gasteiger partial charge in [0, 0.05) is 34.2 Å². The van der Waals surface area contributed by atoms with E-state index in [0.29, 0.717) is 6.54 Å². The van der Waals surface area contributed by atoms with E-state index >= 15 is 0 Å². The van der Waals surface area contributed by atoms with Gasteiger partial charge in [-0.3, -0.25) is 19.2 Å². The zero-order valence-corrected chi connectivity index (χ0v) is 18.3. The number of rotatable bonds is 9. The number of nitrogens with one attached hydrogen (secondary N) is 2. The molecule has 2 amide bonds. The molecule has 0 bridgehead atoms. The molecule has 12 heteroatoms. The Labute approximate surface area is 180 Å². The van der Waals surface area contributed by atoms with E-state index < -0.39 is 60.6 Å². The molecular weight excluding hydrogens is 416 g/mol. The highest BCUT2D eigenvalue weighted by Gasteiger charge is 2.52. The molecule has 0 aromatic heterocycles. The van der Waals surface area contributed by atoms with Crippen molar-refractivity contribution in [3.05, 3.63) is 0 Å². The number of unbranched alkanes of at least 4 members (excludes halogenated alkanes) is 1. The van der Waals surface area contributed by atoms with Gasteiger partial charge in [0.15, 0.2) is 24.5 Å². The highest BCUT2D eigenvalue weighted by Crippen LogP contribution is 2.28. The van der Waals surface area contributed by atoms with E-state index in [1.54, 1.807) is 0 Å². The second kappa shape index (κ2) is 12.7. The smallest absolute Gasteiger partial charge is 0.316 e. The van der Waals surface area contributed by atoms with Crippen molar-refractivity contribution in [1.29, 1.82) is 0 Å². The van der Waals surface area contributed by atoms with Crippen molar-refractivity contribution in [1.82, 2.24) is 10.6 Å². The first-order valence-corrected chi connectivity index (χ1v) is 9.90. The minimum absolute atomic E-state index is 0.368. The molecule has 0 saturated carbocycles. The Morgan fingerprint density at radius 2 is 1.35 bits per heavy atom. The summed E-state index contributed by atoms with van der Waals surface area (Å²) in [6, 6.07) is -0.616. The van der Waals surface area contributed by atoms with Gasteiger partial charge >= 0.3 is 29.9 Å². The first-order valence-electron chi connectivity index (χ1n) is 9.90. The van der Waals surface area contributed by atoms with E-state index in [1.165, 1.54) is 6.92 Å². The third-order valence-electron chi connectivity index (χ3n) is 4.08. The van der Waals surface area contributed by atoms with Crippen molar-refractivity contribution in [3.63, 3.8) is 0 Å². The predicted molar refractivity (Wildman–Crippen MR) is 103 cm³/mol. The van der Waals surface area contributed by atoms with Crippen LogP contribution in [0.25, 0.3) is 0 Å². The zero-order valence-electron chi connectivity index (χ0n) is 18.3. The van der Waals surface area contributed by atoms with E-state index in [1.807, 2.05) is 6.92 Å². The molecule has 31 heavy (non-hydrogen) atoms. The van der Waals surface area contributed by atoms with Gasteiger partial charge in [0.25, 0.3) is 0 Å². The van der Waals surface area contributed by atoms with E-state index in [-0.39, 0.29) is 6.61 Å². The van der Waals surface area contributed by atoms with Crippen molar-refractivity contribution < 1.29 is 47.7 Å². The Hall–Kier alpha value is -2.89. The monoisotopic (exact) mass is 446 g/mol. The van der Waals surface area contributed by atoms with E-state index in [9.17, 15) is 24.0 Å². The van der Waals surface area contributed by atoms with Gasteiger partial charge in [-0.2, -0.15) is 0 Å². The Morgan fingerprint density at radius 3 is 1.87 bits per heavy atom. The summed E-state index contributed by atoms with van der Waals surface area (Å²) in [4.78, 5) is 58.6. The van der Waals surface area contributed by atoms with Crippen molar-refractivity contribution in [3.8, 4) is 0 Å². The first-order chi connectivity index (χ1) is 14.5. The number of carbonyl (C=O) groups is 5. The molecule has 0 aliphatic carbocycles. The van der Waals surface area contributed by atoms with Crippen molar-refractivity contribution in [2.75, 3.05) is 13.2 Å². The van der Waals surface area contributed by atoms with Crippen LogP contribution in [0.4, 0.5) is 4.79 Å². The minimum atomic E-state index is -1.34. The largest absolute Gasteiger partial charge is 0.463 e. The molecule has 1 heterocycles. The van der Waals surface area contributed by atoms with E-state index in [2.05, 4.69) is 10.6 Å². The molecule has 1 aliphatic heterocycles. The molecule has 0 radical (unpaired) electrons. The fraction of sp³-hybridized carbons (Fsp3) is 0.737. The molecule has 0 aromatic carbocycles. The van der Waals surface area contributed by atoms with Gasteiger partial charge in [-0.05, 0) is 6.42 Å². The molecule has 12 nitrogen and oxygen atoms in total. The molecule has 0 spiro atoms. The van der Waals surface area contributed by atoms with Crippen LogP contribution in [0.15, 0.2) is 0 Å². The van der Waals surface area contributed by atoms with Gasteiger partial charge < -0.3 is 34.3 Å². The zero-order chi connectivity index (χ0) is 23.6. The van der Waals surface area contributed by atoms with E-state index in [0.717, 1.165) is 33.6 Å². The molecule has 5 atom stereocenters. The Morgan fingerprint density at radius 1 is 0.806 bits per heavy atom. The van der Waals surface area contributed by atoms with Gasteiger partial charge in [-0.25, -0.2) is 4.79 Å². The van der Waals surface area contributed by atoms with Crippen molar-refractivity contribution in [2.24, 2.45) is 0 Å². The topological polar surface area (TPSA) is 156 Å². The van der Waals surface area contributed by atoms with Gasteiger partial charge in [0.2, 0.25) is 0 Å². The Balaban J connectivity index is 3.23. The second-order valence-corrected chi connectivity index (χ2v) is 6.87. The maximum Gasteiger partial charge on any atom is 0.316 e. The number of hydrogen-bond acceptors (Lipinski definition) is 10. The minimum Gasteiger partial charge on any atom is -0.463 e. The highest BCUT2D eigenvalue weighted by molar-refractivity contribution is 5.74. The van der Waals surface area contributed by atoms with Crippen LogP contribution in [-0.4, -0.2) is 73.7 Å². The number of hydrogen-bond donors (Lipinski definition) is 2. The van der Waals surface area contributed by atoms with Crippen LogP contribution >= 0.6 is 0 Å². The average Bonchev–Trinajstić information content (AvgIpc) is 2.64. The second-order valence-electron chi connectivity index (χ2n) is 6.87. The normalized spacial score (nSPS) is 25.0. The quantitative estimate of drug-likeness (QED) is 0.284. The summed E-state index contributed by atoms with van der Waals surface area (Å²) in [6.07, 6.45) is -4.75. The van der Waals surface area contributed by atoms with Crippen LogP contribution in [0.2, 0.25) is 0 Å². The highest BCUT2D eigenvalue weighted by atomic mass is 16.7. The van der Waals surface area contributed by atoms with Gasteiger partial charge in [0.05, 0.1) is 0 Å². The van der Waals surface area contributed by atoms with Gasteiger partial charge in [-0.1, -0.05) is 13.3 Å². The maximum absolute atomic E-state index is 12.3. The average molecular weight is 446 g/mol. The number of esters is 4. The molecule has 1 fully saturated rings. The lowest BCUT2D eigenvalue weighted by Crippen LogP contribution is -2.66. The molecule has 2 N–H and O–H groups in total. The lowest BCUT2D eigenvalue weighted by molar-refractivity contribution is -0.255. The number of urea groups is 1. The molecule has 0 aromatic rings. The third-order valence-corrected chi connectivity index (χ3v) is 4.08. The van der Waals surface area contributed by atoms with Crippen LogP contribution in [0.1, 0.15) is 47.5 Å². The standard InChI is InChI=1S/C19H30N2O10/c1-6-7-8-20-19(26)21-18-17(30-13(5)25)16(29-12(4)24)15(28-11(3)23)14(31-18)9-27-10(2)22/h14-18H,6-9H2,1-5H3,(H2,20,21,26)/t14-,15-,16+,17-,18-/m1/s1. The van der Waals surface area contributed by atoms with Gasteiger partial charge in [-0.15, -0.1) is 0 Å². The summed E-state index contributed by atoms with van der Waals surface area (Å²) < 4.78 is 26.5. The Kier molecular flexibility index (Phi) is 10.7. The molecule has 1 saturated heterocycles. The number of carbonyl (C=O) groups excluding carboxylic acids is 5.